The second-order valence-corrected chi connectivity index (χ2v) is 5.73. The molecule has 0 aliphatic heterocycles. The molecule has 2 aromatic carbocycles. The number of fused-ring (bicyclic) bond motifs is 2. The third-order valence-electron chi connectivity index (χ3n) is 4.06. The van der Waals surface area contributed by atoms with E-state index >= 15 is 0 Å². The Morgan fingerprint density at radius 1 is 1.04 bits per heavy atom. The first-order valence-corrected chi connectivity index (χ1v) is 8.23. The van der Waals surface area contributed by atoms with Crippen LogP contribution in [0.2, 0.25) is 0 Å². The molecule has 0 saturated heterocycles. The number of esters is 1. The highest BCUT2D eigenvalue weighted by molar-refractivity contribution is 6.00. The Balaban J connectivity index is 2.02. The van der Waals surface area contributed by atoms with Crippen molar-refractivity contribution in [2.75, 3.05) is 6.61 Å². The summed E-state index contributed by atoms with van der Waals surface area (Å²) < 4.78 is 5.16. The molecule has 0 spiro atoms. The third kappa shape index (κ3) is 2.71. The normalized spacial score (nSPS) is 11.0. The van der Waals surface area contributed by atoms with E-state index in [4.69, 9.17) is 4.74 Å². The molecule has 2 aromatic heterocycles. The summed E-state index contributed by atoms with van der Waals surface area (Å²) in [6.45, 7) is 1.98. The lowest BCUT2D eigenvalue weighted by atomic mass is 10.1. The number of nitrogens with one attached hydrogen (secondary N) is 1. The van der Waals surface area contributed by atoms with Crippen molar-refractivity contribution >= 4 is 27.8 Å². The molecule has 6 nitrogen and oxygen atoms in total. The molecule has 0 radical (unpaired) electrons. The van der Waals surface area contributed by atoms with Crippen LogP contribution in [-0.4, -0.2) is 27.5 Å². The van der Waals surface area contributed by atoms with Gasteiger partial charge < -0.3 is 9.72 Å². The quantitative estimate of drug-likeness (QED) is 0.576. The Morgan fingerprint density at radius 3 is 2.58 bits per heavy atom. The number of aromatic amines is 1. The molecule has 26 heavy (non-hydrogen) atoms. The second-order valence-electron chi connectivity index (χ2n) is 5.73. The molecule has 0 bridgehead atoms. The molecular formula is C20H15N3O3. The zero-order chi connectivity index (χ0) is 18.1. The first kappa shape index (κ1) is 16.0. The van der Waals surface area contributed by atoms with Crippen LogP contribution in [-0.2, 0) is 4.74 Å². The summed E-state index contributed by atoms with van der Waals surface area (Å²) in [5.74, 6) is -0.265. The van der Waals surface area contributed by atoms with Gasteiger partial charge in [-0.2, -0.15) is 0 Å². The van der Waals surface area contributed by atoms with Crippen LogP contribution in [0, 0.1) is 0 Å². The second kappa shape index (κ2) is 6.40. The van der Waals surface area contributed by atoms with Crippen LogP contribution in [0.15, 0.2) is 59.4 Å². The summed E-state index contributed by atoms with van der Waals surface area (Å²) in [6, 6.07) is 16.2. The van der Waals surface area contributed by atoms with Gasteiger partial charge in [0.05, 0.1) is 28.6 Å². The molecule has 0 amide bonds. The lowest BCUT2D eigenvalue weighted by Crippen LogP contribution is -2.13. The zero-order valence-corrected chi connectivity index (χ0v) is 14.0. The number of para-hydroxylation sites is 2. The zero-order valence-electron chi connectivity index (χ0n) is 14.0. The van der Waals surface area contributed by atoms with Crippen LogP contribution in [0.25, 0.3) is 33.3 Å². The van der Waals surface area contributed by atoms with Gasteiger partial charge in [-0.25, -0.2) is 14.8 Å². The molecule has 6 heteroatoms. The molecule has 0 atom stereocenters. The minimum atomic E-state index is -0.503. The van der Waals surface area contributed by atoms with Crippen LogP contribution in [0.5, 0.6) is 0 Å². The lowest BCUT2D eigenvalue weighted by molar-refractivity contribution is 0.0527. The Labute approximate surface area is 148 Å². The monoisotopic (exact) mass is 345 g/mol. The first-order valence-electron chi connectivity index (χ1n) is 8.23. The van der Waals surface area contributed by atoms with Gasteiger partial charge in [0, 0.05) is 5.39 Å². The molecular weight excluding hydrogens is 330 g/mol. The van der Waals surface area contributed by atoms with E-state index in [1.807, 2.05) is 24.3 Å². The van der Waals surface area contributed by atoms with E-state index in [2.05, 4.69) is 15.0 Å². The molecule has 0 saturated carbocycles. The Hall–Kier alpha value is -3.54. The third-order valence-corrected chi connectivity index (χ3v) is 4.06. The predicted molar refractivity (Wildman–Crippen MR) is 99.1 cm³/mol. The number of pyridine rings is 1. The van der Waals surface area contributed by atoms with Gasteiger partial charge in [-0.05, 0) is 31.2 Å². The number of H-pyrrole nitrogens is 1. The van der Waals surface area contributed by atoms with Crippen molar-refractivity contribution in [1.29, 1.82) is 0 Å². The highest BCUT2D eigenvalue weighted by Crippen LogP contribution is 2.24. The number of benzene rings is 2. The fourth-order valence-corrected chi connectivity index (χ4v) is 2.86. The average Bonchev–Trinajstić information content (AvgIpc) is 2.67. The highest BCUT2D eigenvalue weighted by Gasteiger charge is 2.19. The Kier molecular flexibility index (Phi) is 3.93. The van der Waals surface area contributed by atoms with Gasteiger partial charge in [-0.15, -0.1) is 0 Å². The van der Waals surface area contributed by atoms with Crippen LogP contribution in [0.4, 0.5) is 0 Å². The van der Waals surface area contributed by atoms with Crippen molar-refractivity contribution in [3.63, 3.8) is 0 Å². The van der Waals surface area contributed by atoms with E-state index in [1.165, 1.54) is 0 Å². The number of carbonyl (C=O) groups is 1. The number of nitrogens with zero attached hydrogens (tertiary/aromatic N) is 2. The van der Waals surface area contributed by atoms with E-state index in [-0.39, 0.29) is 23.6 Å². The first-order chi connectivity index (χ1) is 12.7. The summed E-state index contributed by atoms with van der Waals surface area (Å²) in [5, 5.41) is 1.29. The van der Waals surface area contributed by atoms with Crippen molar-refractivity contribution in [2.24, 2.45) is 0 Å². The molecule has 0 aliphatic rings. The topological polar surface area (TPSA) is 84.9 Å². The van der Waals surface area contributed by atoms with E-state index in [0.29, 0.717) is 22.1 Å². The number of aromatic nitrogens is 3. The maximum Gasteiger partial charge on any atom is 0.340 e. The standard InChI is InChI=1S/C20H15N3O3/c1-2-26-20(25)14-11-12-7-3-5-9-15(12)21-17(14)18-22-16-10-6-4-8-13(16)19(24)23-18/h3-11H,2H2,1H3,(H,22,23,24). The molecule has 2 heterocycles. The largest absolute Gasteiger partial charge is 0.462 e. The molecule has 4 aromatic rings. The van der Waals surface area contributed by atoms with Crippen LogP contribution in [0.1, 0.15) is 17.3 Å². The van der Waals surface area contributed by atoms with Crippen LogP contribution < -0.4 is 5.56 Å². The molecule has 0 aliphatic carbocycles. The fourth-order valence-electron chi connectivity index (χ4n) is 2.86. The lowest BCUT2D eigenvalue weighted by Gasteiger charge is -2.10. The van der Waals surface area contributed by atoms with Gasteiger partial charge >= 0.3 is 5.97 Å². The number of ether oxygens (including phenoxy) is 1. The summed E-state index contributed by atoms with van der Waals surface area (Å²) in [7, 11) is 0. The van der Waals surface area contributed by atoms with Gasteiger partial charge in [0.1, 0.15) is 5.69 Å². The number of hydrogen-bond donors (Lipinski definition) is 1. The minimum absolute atomic E-state index is 0.238. The Bertz CT molecular complexity index is 1200. The summed E-state index contributed by atoms with van der Waals surface area (Å²) in [4.78, 5) is 36.6. The van der Waals surface area contributed by atoms with E-state index in [1.54, 1.807) is 37.3 Å². The van der Waals surface area contributed by atoms with Gasteiger partial charge in [-0.1, -0.05) is 30.3 Å². The fraction of sp³-hybridized carbons (Fsp3) is 0.100. The van der Waals surface area contributed by atoms with Crippen LogP contribution in [0.3, 0.4) is 0 Å². The van der Waals surface area contributed by atoms with Gasteiger partial charge in [0.2, 0.25) is 0 Å². The minimum Gasteiger partial charge on any atom is -0.462 e. The van der Waals surface area contributed by atoms with Gasteiger partial charge in [0.15, 0.2) is 5.82 Å². The molecule has 0 unspecified atom stereocenters. The number of hydrogen-bond acceptors (Lipinski definition) is 5. The SMILES string of the molecule is CCOC(=O)c1cc2ccccc2nc1-c1nc2ccccc2c(=O)[nH]1. The number of carbonyl (C=O) groups excluding carboxylic acids is 1. The van der Waals surface area contributed by atoms with Crippen LogP contribution >= 0.6 is 0 Å². The highest BCUT2D eigenvalue weighted by atomic mass is 16.5. The molecule has 128 valence electrons. The average molecular weight is 345 g/mol. The predicted octanol–water partition coefficient (Wildman–Crippen LogP) is 3.32. The van der Waals surface area contributed by atoms with Crippen molar-refractivity contribution in [2.45, 2.75) is 6.92 Å². The maximum absolute atomic E-state index is 12.4. The summed E-state index contributed by atoms with van der Waals surface area (Å²) in [6.07, 6.45) is 0. The molecule has 0 fully saturated rings. The summed E-state index contributed by atoms with van der Waals surface area (Å²) in [5.41, 5.74) is 1.52. The van der Waals surface area contributed by atoms with Gasteiger partial charge in [0.25, 0.3) is 5.56 Å². The van der Waals surface area contributed by atoms with Crippen molar-refractivity contribution in [1.82, 2.24) is 15.0 Å². The summed E-state index contributed by atoms with van der Waals surface area (Å²) >= 11 is 0. The van der Waals surface area contributed by atoms with E-state index in [0.717, 1.165) is 5.39 Å². The van der Waals surface area contributed by atoms with Gasteiger partial charge in [-0.3, -0.25) is 4.79 Å². The molecule has 1 N–H and O–H groups in total. The smallest absolute Gasteiger partial charge is 0.340 e. The molecule has 4 rings (SSSR count). The van der Waals surface area contributed by atoms with E-state index in [9.17, 15) is 9.59 Å². The van der Waals surface area contributed by atoms with Crippen molar-refractivity contribution in [3.05, 3.63) is 70.5 Å². The maximum atomic E-state index is 12.4. The Morgan fingerprint density at radius 2 is 1.77 bits per heavy atom. The van der Waals surface area contributed by atoms with Crippen molar-refractivity contribution in [3.8, 4) is 11.5 Å². The number of rotatable bonds is 3. The van der Waals surface area contributed by atoms with E-state index < -0.39 is 5.97 Å². The van der Waals surface area contributed by atoms with Crippen molar-refractivity contribution < 1.29 is 9.53 Å².